The first kappa shape index (κ1) is 16.5. The number of nitrogens with one attached hydrogen (secondary N) is 1. The van der Waals surface area contributed by atoms with Crippen molar-refractivity contribution in [2.24, 2.45) is 0 Å². The summed E-state index contributed by atoms with van der Waals surface area (Å²) in [4.78, 5) is 9.28. The Morgan fingerprint density at radius 3 is 2.43 bits per heavy atom. The largest absolute Gasteiger partial charge is 0.401 e. The lowest BCUT2D eigenvalue weighted by molar-refractivity contribution is -0.146. The Labute approximate surface area is 127 Å². The summed E-state index contributed by atoms with van der Waals surface area (Å²) in [6.07, 6.45) is -4.12. The molecule has 0 saturated carbocycles. The lowest BCUT2D eigenvalue weighted by Crippen LogP contribution is -2.49. The van der Waals surface area contributed by atoms with Gasteiger partial charge in [0.25, 0.3) is 0 Å². The van der Waals surface area contributed by atoms with E-state index < -0.39 is 12.7 Å². The lowest BCUT2D eigenvalue weighted by Gasteiger charge is -2.34. The van der Waals surface area contributed by atoms with Crippen molar-refractivity contribution >= 4 is 16.5 Å². The van der Waals surface area contributed by atoms with Crippen LogP contribution in [0, 0.1) is 6.92 Å². The second kappa shape index (κ2) is 6.50. The molecule has 0 bridgehead atoms. The zero-order chi connectivity index (χ0) is 15.6. The van der Waals surface area contributed by atoms with Crippen molar-refractivity contribution < 1.29 is 13.2 Å². The van der Waals surface area contributed by atoms with E-state index in [0.29, 0.717) is 26.2 Å². The molecule has 0 aliphatic carbocycles. The summed E-state index contributed by atoms with van der Waals surface area (Å²) in [5, 5.41) is 4.10. The summed E-state index contributed by atoms with van der Waals surface area (Å²) in [7, 11) is 1.90. The Bertz CT molecular complexity index is 466. The third-order valence-electron chi connectivity index (χ3n) is 3.69. The molecule has 1 atom stereocenters. The Morgan fingerprint density at radius 2 is 1.90 bits per heavy atom. The smallest absolute Gasteiger partial charge is 0.346 e. The van der Waals surface area contributed by atoms with Gasteiger partial charge in [-0.25, -0.2) is 4.98 Å². The van der Waals surface area contributed by atoms with Gasteiger partial charge in [0, 0.05) is 37.1 Å². The zero-order valence-corrected chi connectivity index (χ0v) is 13.3. The van der Waals surface area contributed by atoms with Crippen molar-refractivity contribution in [1.82, 2.24) is 15.2 Å². The van der Waals surface area contributed by atoms with Crippen LogP contribution >= 0.6 is 11.3 Å². The number of piperazine rings is 1. The average molecular weight is 322 g/mol. The molecule has 1 saturated heterocycles. The average Bonchev–Trinajstić information content (AvgIpc) is 2.79. The standard InChI is InChI=1S/C13H21F3N4S/c1-9(17-3)11-10(2)18-12(21-11)20-6-4-19(5-7-20)8-13(14,15)16/h9,17H,4-8H2,1-3H3. The number of alkyl halides is 3. The highest BCUT2D eigenvalue weighted by molar-refractivity contribution is 7.15. The minimum absolute atomic E-state index is 0.239. The summed E-state index contributed by atoms with van der Waals surface area (Å²) in [5.41, 5.74) is 0.995. The van der Waals surface area contributed by atoms with Gasteiger partial charge in [-0.1, -0.05) is 0 Å². The molecule has 8 heteroatoms. The molecule has 2 heterocycles. The second-order valence-electron chi connectivity index (χ2n) is 5.33. The van der Waals surface area contributed by atoms with Crippen LogP contribution in [-0.4, -0.2) is 55.8 Å². The summed E-state index contributed by atoms with van der Waals surface area (Å²) in [6.45, 7) is 5.27. The molecule has 1 aromatic heterocycles. The Balaban J connectivity index is 1.96. The van der Waals surface area contributed by atoms with Crippen LogP contribution in [0.15, 0.2) is 0 Å². The van der Waals surface area contributed by atoms with Crippen LogP contribution in [0.1, 0.15) is 23.5 Å². The molecule has 0 aromatic carbocycles. The quantitative estimate of drug-likeness (QED) is 0.922. The van der Waals surface area contributed by atoms with Crippen LogP contribution in [0.4, 0.5) is 18.3 Å². The van der Waals surface area contributed by atoms with Crippen LogP contribution in [0.5, 0.6) is 0 Å². The maximum absolute atomic E-state index is 12.4. The van der Waals surface area contributed by atoms with Gasteiger partial charge >= 0.3 is 6.18 Å². The first-order chi connectivity index (χ1) is 9.80. The Morgan fingerprint density at radius 1 is 1.29 bits per heavy atom. The number of aromatic nitrogens is 1. The minimum atomic E-state index is -4.12. The Kier molecular flexibility index (Phi) is 5.11. The summed E-state index contributed by atoms with van der Waals surface area (Å²) in [6, 6.07) is 0.239. The number of aryl methyl sites for hydroxylation is 1. The molecule has 1 aromatic rings. The van der Waals surface area contributed by atoms with E-state index in [4.69, 9.17) is 0 Å². The number of hydrogen-bond acceptors (Lipinski definition) is 5. The molecule has 4 nitrogen and oxygen atoms in total. The molecule has 1 aliphatic heterocycles. The number of thiazole rings is 1. The van der Waals surface area contributed by atoms with Gasteiger partial charge in [0.2, 0.25) is 0 Å². The van der Waals surface area contributed by atoms with E-state index in [0.717, 1.165) is 10.8 Å². The fourth-order valence-electron chi connectivity index (χ4n) is 2.41. The molecule has 1 fully saturated rings. The van der Waals surface area contributed by atoms with Crippen LogP contribution in [0.25, 0.3) is 0 Å². The van der Waals surface area contributed by atoms with E-state index in [1.54, 1.807) is 11.3 Å². The van der Waals surface area contributed by atoms with E-state index in [1.165, 1.54) is 9.78 Å². The van der Waals surface area contributed by atoms with E-state index in [-0.39, 0.29) is 6.04 Å². The minimum Gasteiger partial charge on any atom is -0.346 e. The molecule has 0 spiro atoms. The molecule has 1 unspecified atom stereocenters. The zero-order valence-electron chi connectivity index (χ0n) is 12.5. The third kappa shape index (κ3) is 4.31. The topological polar surface area (TPSA) is 31.4 Å². The first-order valence-electron chi connectivity index (χ1n) is 6.99. The monoisotopic (exact) mass is 322 g/mol. The van der Waals surface area contributed by atoms with Crippen molar-refractivity contribution in [2.75, 3.05) is 44.7 Å². The maximum Gasteiger partial charge on any atom is 0.401 e. The van der Waals surface area contributed by atoms with Crippen LogP contribution in [0.2, 0.25) is 0 Å². The number of rotatable bonds is 4. The first-order valence-corrected chi connectivity index (χ1v) is 7.80. The second-order valence-corrected chi connectivity index (χ2v) is 6.34. The van der Waals surface area contributed by atoms with Crippen molar-refractivity contribution in [3.05, 3.63) is 10.6 Å². The van der Waals surface area contributed by atoms with Gasteiger partial charge in [0.1, 0.15) is 0 Å². The number of nitrogens with zero attached hydrogens (tertiary/aromatic N) is 3. The van der Waals surface area contributed by atoms with Gasteiger partial charge < -0.3 is 10.2 Å². The molecular weight excluding hydrogens is 301 g/mol. The van der Waals surface area contributed by atoms with E-state index in [2.05, 4.69) is 22.1 Å². The van der Waals surface area contributed by atoms with E-state index in [1.807, 2.05) is 14.0 Å². The number of hydrogen-bond donors (Lipinski definition) is 1. The van der Waals surface area contributed by atoms with E-state index >= 15 is 0 Å². The highest BCUT2D eigenvalue weighted by atomic mass is 32.1. The van der Waals surface area contributed by atoms with Gasteiger partial charge in [0.05, 0.1) is 12.2 Å². The molecule has 1 N–H and O–H groups in total. The maximum atomic E-state index is 12.4. The number of anilines is 1. The summed E-state index contributed by atoms with van der Waals surface area (Å²) >= 11 is 1.62. The molecule has 120 valence electrons. The highest BCUT2D eigenvalue weighted by Gasteiger charge is 2.32. The predicted octanol–water partition coefficient (Wildman–Crippen LogP) is 2.42. The SMILES string of the molecule is CNC(C)c1sc(N2CCN(CC(F)(F)F)CC2)nc1C. The van der Waals surface area contributed by atoms with Crippen molar-refractivity contribution in [2.45, 2.75) is 26.1 Å². The fourth-order valence-corrected chi connectivity index (χ4v) is 3.59. The normalized spacial score (nSPS) is 19.0. The molecule has 2 rings (SSSR count). The van der Waals surface area contributed by atoms with E-state index in [9.17, 15) is 13.2 Å². The Hall–Kier alpha value is -0.860. The van der Waals surface area contributed by atoms with Crippen molar-refractivity contribution in [1.29, 1.82) is 0 Å². The number of halogens is 3. The summed E-state index contributed by atoms with van der Waals surface area (Å²) in [5.74, 6) is 0. The van der Waals surface area contributed by atoms with Gasteiger partial charge in [0.15, 0.2) is 5.13 Å². The van der Waals surface area contributed by atoms with Gasteiger partial charge in [-0.15, -0.1) is 11.3 Å². The summed E-state index contributed by atoms with van der Waals surface area (Å²) < 4.78 is 37.1. The molecule has 0 amide bonds. The van der Waals surface area contributed by atoms with Crippen LogP contribution in [0.3, 0.4) is 0 Å². The molecule has 1 aliphatic rings. The van der Waals surface area contributed by atoms with Gasteiger partial charge in [-0.3, -0.25) is 4.90 Å². The molecule has 0 radical (unpaired) electrons. The third-order valence-corrected chi connectivity index (χ3v) is 5.09. The predicted molar refractivity (Wildman–Crippen MR) is 79.0 cm³/mol. The molecular formula is C13H21F3N4S. The van der Waals surface area contributed by atoms with Crippen molar-refractivity contribution in [3.8, 4) is 0 Å². The van der Waals surface area contributed by atoms with Crippen LogP contribution < -0.4 is 10.2 Å². The lowest BCUT2D eigenvalue weighted by atomic mass is 10.2. The fraction of sp³-hybridized carbons (Fsp3) is 0.769. The van der Waals surface area contributed by atoms with Gasteiger partial charge in [-0.05, 0) is 20.9 Å². The van der Waals surface area contributed by atoms with Crippen molar-refractivity contribution in [3.63, 3.8) is 0 Å². The van der Waals surface area contributed by atoms with Crippen LogP contribution in [-0.2, 0) is 0 Å². The highest BCUT2D eigenvalue weighted by Crippen LogP contribution is 2.31. The molecule has 21 heavy (non-hydrogen) atoms. The van der Waals surface area contributed by atoms with Gasteiger partial charge in [-0.2, -0.15) is 13.2 Å².